The fourth-order valence-electron chi connectivity index (χ4n) is 3.20. The number of carboxylic acid groups (broad SMARTS) is 1. The van der Waals surface area contributed by atoms with Gasteiger partial charge in [0, 0.05) is 17.1 Å². The van der Waals surface area contributed by atoms with Gasteiger partial charge in [0.2, 0.25) is 0 Å². The predicted octanol–water partition coefficient (Wildman–Crippen LogP) is 4.87. The molecule has 1 aliphatic carbocycles. The minimum Gasteiger partial charge on any atom is -0.481 e. The average molecular weight is 287 g/mol. The number of benzene rings is 1. The lowest BCUT2D eigenvalue weighted by Gasteiger charge is -2.22. The fourth-order valence-corrected chi connectivity index (χ4v) is 3.20. The van der Waals surface area contributed by atoms with Crippen molar-refractivity contribution in [3.63, 3.8) is 0 Å². The van der Waals surface area contributed by atoms with Crippen LogP contribution in [0.2, 0.25) is 0 Å². The maximum absolute atomic E-state index is 10.9. The van der Waals surface area contributed by atoms with E-state index in [1.807, 2.05) is 20.0 Å². The van der Waals surface area contributed by atoms with Gasteiger partial charge in [-0.1, -0.05) is 39.2 Å². The summed E-state index contributed by atoms with van der Waals surface area (Å²) < 4.78 is 0. The second kappa shape index (κ2) is 7.30. The van der Waals surface area contributed by atoms with Gasteiger partial charge >= 0.3 is 5.97 Å². The molecule has 0 radical (unpaired) electrons. The van der Waals surface area contributed by atoms with Gasteiger partial charge in [-0.3, -0.25) is 4.79 Å². The lowest BCUT2D eigenvalue weighted by Crippen LogP contribution is -2.04. The standard InChI is InChI=1S/C16H19NO2.C2H6/c18-16(19)9-13-10-17-15-7-6-12(8-14(13)15)11-4-2-1-3-5-11;1-2/h6-8,10-11,17H,1-5,9H2,(H,18,19);1-2H3. The molecule has 1 aromatic carbocycles. The number of carboxylic acids is 1. The first-order valence-electron chi connectivity index (χ1n) is 8.06. The number of aromatic amines is 1. The SMILES string of the molecule is CC.O=C(O)Cc1c[nH]c2ccc(C3CCCCC3)cc12. The van der Waals surface area contributed by atoms with Crippen LogP contribution in [0.1, 0.15) is 63.0 Å². The molecule has 21 heavy (non-hydrogen) atoms. The summed E-state index contributed by atoms with van der Waals surface area (Å²) in [5, 5.41) is 10.0. The number of aromatic nitrogens is 1. The first-order valence-corrected chi connectivity index (χ1v) is 8.06. The van der Waals surface area contributed by atoms with Crippen LogP contribution in [0.15, 0.2) is 24.4 Å². The van der Waals surface area contributed by atoms with E-state index < -0.39 is 5.97 Å². The van der Waals surface area contributed by atoms with Crippen LogP contribution in [-0.4, -0.2) is 16.1 Å². The van der Waals surface area contributed by atoms with Crippen molar-refractivity contribution in [1.82, 2.24) is 4.98 Å². The van der Waals surface area contributed by atoms with Crippen LogP contribution in [0.3, 0.4) is 0 Å². The number of hydrogen-bond donors (Lipinski definition) is 2. The molecule has 1 saturated carbocycles. The second-order valence-corrected chi connectivity index (χ2v) is 5.52. The van der Waals surface area contributed by atoms with E-state index in [1.165, 1.54) is 37.7 Å². The van der Waals surface area contributed by atoms with E-state index in [1.54, 1.807) is 0 Å². The molecule has 1 fully saturated rings. The van der Waals surface area contributed by atoms with Crippen molar-refractivity contribution < 1.29 is 9.90 Å². The third-order valence-electron chi connectivity index (χ3n) is 4.21. The van der Waals surface area contributed by atoms with E-state index in [0.717, 1.165) is 16.5 Å². The number of fused-ring (bicyclic) bond motifs is 1. The molecule has 1 aromatic heterocycles. The monoisotopic (exact) mass is 287 g/mol. The molecule has 3 rings (SSSR count). The molecular weight excluding hydrogens is 262 g/mol. The van der Waals surface area contributed by atoms with Crippen LogP contribution < -0.4 is 0 Å². The number of aliphatic carboxylic acids is 1. The summed E-state index contributed by atoms with van der Waals surface area (Å²) in [4.78, 5) is 14.0. The molecule has 0 amide bonds. The molecule has 0 aliphatic heterocycles. The van der Waals surface area contributed by atoms with Gasteiger partial charge in [-0.25, -0.2) is 0 Å². The molecule has 1 heterocycles. The minimum absolute atomic E-state index is 0.0914. The molecule has 0 bridgehead atoms. The first-order chi connectivity index (χ1) is 10.2. The highest BCUT2D eigenvalue weighted by atomic mass is 16.4. The fraction of sp³-hybridized carbons (Fsp3) is 0.500. The van der Waals surface area contributed by atoms with Crippen LogP contribution in [0, 0.1) is 0 Å². The molecule has 1 aliphatic rings. The van der Waals surface area contributed by atoms with Crippen LogP contribution in [0.25, 0.3) is 10.9 Å². The Morgan fingerprint density at radius 3 is 2.62 bits per heavy atom. The smallest absolute Gasteiger partial charge is 0.307 e. The number of hydrogen-bond acceptors (Lipinski definition) is 1. The van der Waals surface area contributed by atoms with E-state index in [2.05, 4.69) is 23.2 Å². The summed E-state index contributed by atoms with van der Waals surface area (Å²) in [6, 6.07) is 6.48. The molecule has 0 atom stereocenters. The zero-order valence-corrected chi connectivity index (χ0v) is 13.0. The van der Waals surface area contributed by atoms with Gasteiger partial charge in [0.25, 0.3) is 0 Å². The largest absolute Gasteiger partial charge is 0.481 e. The highest BCUT2D eigenvalue weighted by Crippen LogP contribution is 2.34. The Morgan fingerprint density at radius 1 is 1.24 bits per heavy atom. The Bertz CT molecular complexity index is 594. The number of carbonyl (C=O) groups is 1. The Hall–Kier alpha value is -1.77. The Labute approximate surface area is 126 Å². The summed E-state index contributed by atoms with van der Waals surface area (Å²) in [6.07, 6.45) is 8.44. The van der Waals surface area contributed by atoms with Crippen LogP contribution in [-0.2, 0) is 11.2 Å². The second-order valence-electron chi connectivity index (χ2n) is 5.52. The Balaban J connectivity index is 0.000000774. The van der Waals surface area contributed by atoms with Crippen molar-refractivity contribution in [3.05, 3.63) is 35.5 Å². The van der Waals surface area contributed by atoms with Gasteiger partial charge in [0.05, 0.1) is 6.42 Å². The van der Waals surface area contributed by atoms with Crippen molar-refractivity contribution in [1.29, 1.82) is 0 Å². The van der Waals surface area contributed by atoms with E-state index in [0.29, 0.717) is 5.92 Å². The predicted molar refractivity (Wildman–Crippen MR) is 86.8 cm³/mol. The highest BCUT2D eigenvalue weighted by molar-refractivity contribution is 5.87. The summed E-state index contributed by atoms with van der Waals surface area (Å²) in [5.74, 6) is -0.116. The third-order valence-corrected chi connectivity index (χ3v) is 4.21. The van der Waals surface area contributed by atoms with E-state index in [9.17, 15) is 4.79 Å². The van der Waals surface area contributed by atoms with E-state index >= 15 is 0 Å². The molecule has 3 nitrogen and oxygen atoms in total. The topological polar surface area (TPSA) is 53.1 Å². The molecule has 2 aromatic rings. The maximum atomic E-state index is 10.9. The van der Waals surface area contributed by atoms with Gasteiger partial charge in [-0.15, -0.1) is 0 Å². The zero-order chi connectivity index (χ0) is 15.2. The summed E-state index contributed by atoms with van der Waals surface area (Å²) >= 11 is 0. The van der Waals surface area contributed by atoms with Crippen molar-refractivity contribution in [2.45, 2.75) is 58.3 Å². The van der Waals surface area contributed by atoms with Gasteiger partial charge < -0.3 is 10.1 Å². The molecular formula is C18H25NO2. The normalized spacial score (nSPS) is 15.5. The average Bonchev–Trinajstić information content (AvgIpc) is 2.92. The number of H-pyrrole nitrogens is 1. The number of nitrogens with one attached hydrogen (secondary N) is 1. The summed E-state index contributed by atoms with van der Waals surface area (Å²) in [6.45, 7) is 4.00. The number of rotatable bonds is 3. The lowest BCUT2D eigenvalue weighted by atomic mass is 9.83. The van der Waals surface area contributed by atoms with E-state index in [4.69, 9.17) is 5.11 Å². The van der Waals surface area contributed by atoms with Gasteiger partial charge in [-0.2, -0.15) is 0 Å². The molecule has 0 spiro atoms. The van der Waals surface area contributed by atoms with Crippen molar-refractivity contribution in [3.8, 4) is 0 Å². The lowest BCUT2D eigenvalue weighted by molar-refractivity contribution is -0.136. The Kier molecular flexibility index (Phi) is 5.43. The minimum atomic E-state index is -0.774. The van der Waals surface area contributed by atoms with Crippen LogP contribution in [0.5, 0.6) is 0 Å². The van der Waals surface area contributed by atoms with E-state index in [-0.39, 0.29) is 6.42 Å². The summed E-state index contributed by atoms with van der Waals surface area (Å²) in [5.41, 5.74) is 3.30. The molecule has 2 N–H and O–H groups in total. The third kappa shape index (κ3) is 3.66. The van der Waals surface area contributed by atoms with Crippen molar-refractivity contribution >= 4 is 16.9 Å². The van der Waals surface area contributed by atoms with Gasteiger partial charge in [-0.05, 0) is 42.0 Å². The summed E-state index contributed by atoms with van der Waals surface area (Å²) in [7, 11) is 0. The first kappa shape index (κ1) is 15.6. The van der Waals surface area contributed by atoms with Crippen molar-refractivity contribution in [2.75, 3.05) is 0 Å². The maximum Gasteiger partial charge on any atom is 0.307 e. The van der Waals surface area contributed by atoms with Crippen LogP contribution >= 0.6 is 0 Å². The van der Waals surface area contributed by atoms with Crippen molar-refractivity contribution in [2.24, 2.45) is 0 Å². The van der Waals surface area contributed by atoms with Crippen LogP contribution in [0.4, 0.5) is 0 Å². The molecule has 0 unspecified atom stereocenters. The zero-order valence-electron chi connectivity index (χ0n) is 13.0. The van der Waals surface area contributed by atoms with Gasteiger partial charge in [0.1, 0.15) is 0 Å². The molecule has 114 valence electrons. The molecule has 0 saturated heterocycles. The van der Waals surface area contributed by atoms with Gasteiger partial charge in [0.15, 0.2) is 0 Å². The Morgan fingerprint density at radius 2 is 1.95 bits per heavy atom. The quantitative estimate of drug-likeness (QED) is 0.846. The molecule has 3 heteroatoms. The highest BCUT2D eigenvalue weighted by Gasteiger charge is 2.16.